The number of hydrogen-bond donors (Lipinski definition) is 1. The Morgan fingerprint density at radius 2 is 2.07 bits per heavy atom. The van der Waals surface area contributed by atoms with Crippen molar-refractivity contribution in [1.29, 1.82) is 0 Å². The number of aryl methyl sites for hydroxylation is 1. The van der Waals surface area contributed by atoms with Crippen LogP contribution in [0.1, 0.15) is 35.8 Å². The highest BCUT2D eigenvalue weighted by atomic mass is 32.1. The summed E-state index contributed by atoms with van der Waals surface area (Å²) < 4.78 is 1.83. The minimum absolute atomic E-state index is 0.0122. The Hall–Kier alpha value is -2.67. The van der Waals surface area contributed by atoms with E-state index >= 15 is 0 Å². The van der Waals surface area contributed by atoms with E-state index in [2.05, 4.69) is 28.7 Å². The SMILES string of the molecule is Cn1cc(CC2CCN(C(=O)Nc3sc(C4CC4)nc3-c3ccccc3)C2)cn1. The molecule has 1 saturated carbocycles. The first-order chi connectivity index (χ1) is 14.2. The van der Waals surface area contributed by atoms with Crippen LogP contribution in [0.15, 0.2) is 42.7 Å². The van der Waals surface area contributed by atoms with Gasteiger partial charge in [-0.2, -0.15) is 5.10 Å². The molecule has 1 atom stereocenters. The van der Waals surface area contributed by atoms with Crippen molar-refractivity contribution in [2.75, 3.05) is 18.4 Å². The van der Waals surface area contributed by atoms with Gasteiger partial charge in [-0.1, -0.05) is 30.3 Å². The van der Waals surface area contributed by atoms with Crippen LogP contribution in [0.5, 0.6) is 0 Å². The fourth-order valence-electron chi connectivity index (χ4n) is 3.99. The number of carbonyl (C=O) groups excluding carboxylic acids is 1. The molecule has 1 aliphatic carbocycles. The maximum Gasteiger partial charge on any atom is 0.322 e. The third kappa shape index (κ3) is 4.05. The highest BCUT2D eigenvalue weighted by Gasteiger charge is 2.31. The maximum absolute atomic E-state index is 13.0. The number of rotatable bonds is 5. The number of thiazole rings is 1. The monoisotopic (exact) mass is 407 g/mol. The number of likely N-dealkylation sites (tertiary alicyclic amines) is 1. The minimum atomic E-state index is -0.0122. The molecular formula is C22H25N5OS. The van der Waals surface area contributed by atoms with E-state index in [1.165, 1.54) is 18.4 Å². The van der Waals surface area contributed by atoms with E-state index in [0.29, 0.717) is 11.8 Å². The van der Waals surface area contributed by atoms with E-state index in [4.69, 9.17) is 4.98 Å². The number of nitrogens with one attached hydrogen (secondary N) is 1. The molecule has 5 rings (SSSR count). The average Bonchev–Trinajstić information content (AvgIpc) is 3.12. The van der Waals surface area contributed by atoms with Crippen LogP contribution in [0.2, 0.25) is 0 Å². The Morgan fingerprint density at radius 3 is 2.79 bits per heavy atom. The van der Waals surface area contributed by atoms with Gasteiger partial charge < -0.3 is 4.90 Å². The molecule has 1 unspecified atom stereocenters. The molecule has 1 aromatic carbocycles. The van der Waals surface area contributed by atoms with Crippen LogP contribution in [-0.4, -0.2) is 38.8 Å². The highest BCUT2D eigenvalue weighted by molar-refractivity contribution is 7.16. The van der Waals surface area contributed by atoms with Crippen molar-refractivity contribution in [2.45, 2.75) is 31.6 Å². The lowest BCUT2D eigenvalue weighted by Gasteiger charge is -2.17. The lowest BCUT2D eigenvalue weighted by molar-refractivity contribution is 0.221. The number of benzene rings is 1. The zero-order valence-corrected chi connectivity index (χ0v) is 17.4. The van der Waals surface area contributed by atoms with Crippen LogP contribution >= 0.6 is 11.3 Å². The standard InChI is InChI=1S/C22H25N5OS/c1-26-13-16(12-23-26)11-15-9-10-27(14-15)22(28)25-21-19(17-5-3-2-4-6-17)24-20(29-21)18-7-8-18/h2-6,12-13,15,18H,7-11,14H2,1H3,(H,25,28). The van der Waals surface area contributed by atoms with Crippen LogP contribution in [0.4, 0.5) is 9.80 Å². The van der Waals surface area contributed by atoms with Crippen molar-refractivity contribution in [3.05, 3.63) is 53.3 Å². The molecule has 7 heteroatoms. The lowest BCUT2D eigenvalue weighted by Crippen LogP contribution is -2.33. The van der Waals surface area contributed by atoms with Crippen LogP contribution in [0.3, 0.4) is 0 Å². The largest absolute Gasteiger partial charge is 0.324 e. The molecule has 3 aromatic rings. The maximum atomic E-state index is 13.0. The number of anilines is 1. The third-order valence-corrected chi connectivity index (χ3v) is 6.83. The molecule has 3 heterocycles. The lowest BCUT2D eigenvalue weighted by atomic mass is 10.0. The molecule has 0 radical (unpaired) electrons. The summed E-state index contributed by atoms with van der Waals surface area (Å²) in [5, 5.41) is 9.44. The summed E-state index contributed by atoms with van der Waals surface area (Å²) in [5.74, 6) is 1.06. The summed E-state index contributed by atoms with van der Waals surface area (Å²) in [6.07, 6.45) is 8.40. The first kappa shape index (κ1) is 18.4. The molecule has 1 aliphatic heterocycles. The molecule has 1 saturated heterocycles. The highest BCUT2D eigenvalue weighted by Crippen LogP contribution is 2.46. The van der Waals surface area contributed by atoms with Gasteiger partial charge in [0.25, 0.3) is 0 Å². The topological polar surface area (TPSA) is 63.1 Å². The zero-order chi connectivity index (χ0) is 19.8. The van der Waals surface area contributed by atoms with Crippen LogP contribution in [0.25, 0.3) is 11.3 Å². The molecule has 2 aliphatic rings. The molecule has 0 bridgehead atoms. The molecule has 29 heavy (non-hydrogen) atoms. The van der Waals surface area contributed by atoms with Crippen LogP contribution in [0, 0.1) is 5.92 Å². The summed E-state index contributed by atoms with van der Waals surface area (Å²) in [4.78, 5) is 19.8. The average molecular weight is 408 g/mol. The minimum Gasteiger partial charge on any atom is -0.324 e. The second-order valence-corrected chi connectivity index (χ2v) is 9.16. The number of urea groups is 1. The summed E-state index contributed by atoms with van der Waals surface area (Å²) in [7, 11) is 1.94. The molecule has 6 nitrogen and oxygen atoms in total. The second-order valence-electron chi connectivity index (χ2n) is 8.13. The Kier molecular flexibility index (Phi) is 4.83. The van der Waals surface area contributed by atoms with E-state index in [1.807, 2.05) is 41.0 Å². The van der Waals surface area contributed by atoms with E-state index in [0.717, 1.165) is 47.2 Å². The van der Waals surface area contributed by atoms with E-state index in [1.54, 1.807) is 11.3 Å². The third-order valence-electron chi connectivity index (χ3n) is 5.69. The smallest absolute Gasteiger partial charge is 0.322 e. The predicted molar refractivity (Wildman–Crippen MR) is 115 cm³/mol. The van der Waals surface area contributed by atoms with Gasteiger partial charge in [-0.25, -0.2) is 9.78 Å². The predicted octanol–water partition coefficient (Wildman–Crippen LogP) is 4.52. The fourth-order valence-corrected chi connectivity index (χ4v) is 5.14. The van der Waals surface area contributed by atoms with Gasteiger partial charge in [0.15, 0.2) is 0 Å². The Labute approximate surface area is 174 Å². The van der Waals surface area contributed by atoms with Gasteiger partial charge in [-0.15, -0.1) is 11.3 Å². The Bertz CT molecular complexity index is 1010. The van der Waals surface area contributed by atoms with E-state index in [-0.39, 0.29) is 6.03 Å². The van der Waals surface area contributed by atoms with E-state index in [9.17, 15) is 4.79 Å². The molecule has 2 amide bonds. The second kappa shape index (κ2) is 7.63. The van der Waals surface area contributed by atoms with E-state index < -0.39 is 0 Å². The van der Waals surface area contributed by atoms with Crippen molar-refractivity contribution in [1.82, 2.24) is 19.7 Å². The van der Waals surface area contributed by atoms with Gasteiger partial charge in [0.2, 0.25) is 0 Å². The summed E-state index contributed by atoms with van der Waals surface area (Å²) in [5.41, 5.74) is 3.20. The molecular weight excluding hydrogens is 382 g/mol. The quantitative estimate of drug-likeness (QED) is 0.676. The van der Waals surface area contributed by atoms with Crippen molar-refractivity contribution in [2.24, 2.45) is 13.0 Å². The number of carbonyl (C=O) groups is 1. The summed E-state index contributed by atoms with van der Waals surface area (Å²) in [6.45, 7) is 1.58. The molecule has 1 N–H and O–H groups in total. The molecule has 150 valence electrons. The number of aromatic nitrogens is 3. The first-order valence-corrected chi connectivity index (χ1v) is 11.1. The fraction of sp³-hybridized carbons (Fsp3) is 0.409. The Morgan fingerprint density at radius 1 is 1.24 bits per heavy atom. The summed E-state index contributed by atoms with van der Waals surface area (Å²) in [6, 6.07) is 10.1. The Balaban J connectivity index is 1.28. The molecule has 2 fully saturated rings. The van der Waals surface area contributed by atoms with Gasteiger partial charge in [0.05, 0.1) is 11.2 Å². The van der Waals surface area contributed by atoms with Crippen molar-refractivity contribution in [3.63, 3.8) is 0 Å². The number of hydrogen-bond acceptors (Lipinski definition) is 4. The normalized spacial score (nSPS) is 18.9. The zero-order valence-electron chi connectivity index (χ0n) is 16.5. The van der Waals surface area contributed by atoms with Crippen molar-refractivity contribution in [3.8, 4) is 11.3 Å². The number of nitrogens with zero attached hydrogens (tertiary/aromatic N) is 4. The van der Waals surface area contributed by atoms with Gasteiger partial charge in [-0.05, 0) is 37.2 Å². The number of amides is 2. The van der Waals surface area contributed by atoms with Gasteiger partial charge in [0, 0.05) is 37.8 Å². The van der Waals surface area contributed by atoms with Crippen molar-refractivity contribution >= 4 is 22.4 Å². The van der Waals surface area contributed by atoms with Crippen molar-refractivity contribution < 1.29 is 4.79 Å². The van der Waals surface area contributed by atoms with Gasteiger partial charge in [-0.3, -0.25) is 10.00 Å². The molecule has 2 aromatic heterocycles. The van der Waals surface area contributed by atoms with Gasteiger partial charge >= 0.3 is 6.03 Å². The molecule has 0 spiro atoms. The van der Waals surface area contributed by atoms with Crippen LogP contribution in [-0.2, 0) is 13.5 Å². The summed E-state index contributed by atoms with van der Waals surface area (Å²) >= 11 is 1.64. The first-order valence-electron chi connectivity index (χ1n) is 10.3. The van der Waals surface area contributed by atoms with Crippen LogP contribution < -0.4 is 5.32 Å². The van der Waals surface area contributed by atoms with Gasteiger partial charge in [0.1, 0.15) is 10.7 Å².